The molecule has 8 aromatic carbocycles. The summed E-state index contributed by atoms with van der Waals surface area (Å²) < 4.78 is 0. The fourth-order valence-electron chi connectivity index (χ4n) is 9.18. The lowest BCUT2D eigenvalue weighted by Crippen LogP contribution is -1.79. The molecule has 0 atom stereocenters. The van der Waals surface area contributed by atoms with Gasteiger partial charge in [-0.2, -0.15) is 0 Å². The summed E-state index contributed by atoms with van der Waals surface area (Å²) in [5.74, 6) is 0. The molecule has 16 rings (SSSR count). The van der Waals surface area contributed by atoms with E-state index >= 15 is 0 Å². The Labute approximate surface area is 549 Å². The van der Waals surface area contributed by atoms with Crippen LogP contribution in [0.5, 0.6) is 0 Å². The Morgan fingerprint density at radius 2 is 0.295 bits per heavy atom. The van der Waals surface area contributed by atoms with E-state index in [0.29, 0.717) is 0 Å². The second kappa shape index (κ2) is 32.9. The highest BCUT2D eigenvalue weighted by Crippen LogP contribution is 2.39. The van der Waals surface area contributed by atoms with E-state index in [0.717, 1.165) is 0 Å². The molecule has 8 heterocycles. The predicted molar refractivity (Wildman–Crippen MR) is 396 cm³/mol. The lowest BCUT2D eigenvalue weighted by atomic mass is 10.0. The molecule has 0 aliphatic heterocycles. The van der Waals surface area contributed by atoms with E-state index in [2.05, 4.69) is 336 Å². The Morgan fingerprint density at radius 3 is 0.545 bits per heavy atom. The third-order valence-corrected chi connectivity index (χ3v) is 21.7. The maximum Gasteiger partial charge on any atom is 0.0449 e. The Kier molecular flexibility index (Phi) is 22.8. The molecule has 0 bridgehead atoms. The van der Waals surface area contributed by atoms with Crippen LogP contribution in [0.2, 0.25) is 0 Å². The minimum absolute atomic E-state index is 1.26. The molecule has 8 aromatic heterocycles. The van der Waals surface area contributed by atoms with Crippen molar-refractivity contribution in [2.45, 2.75) is 0 Å². The van der Waals surface area contributed by atoms with Crippen LogP contribution in [0.1, 0.15) is 0 Å². The van der Waals surface area contributed by atoms with E-state index in [-0.39, 0.29) is 0 Å². The Bertz CT molecular complexity index is 4100. The molecule has 88 heavy (non-hydrogen) atoms. The first-order valence-electron chi connectivity index (χ1n) is 28.6. The molecule has 0 aliphatic carbocycles. The van der Waals surface area contributed by atoms with Gasteiger partial charge >= 0.3 is 0 Å². The zero-order valence-electron chi connectivity index (χ0n) is 47.9. The highest BCUT2D eigenvalue weighted by molar-refractivity contribution is 7.25. The first-order valence-corrected chi connectivity index (χ1v) is 35.5. The summed E-state index contributed by atoms with van der Waals surface area (Å²) in [6.45, 7) is 0. The highest BCUT2D eigenvalue weighted by Gasteiger charge is 2.08. The minimum Gasteiger partial charge on any atom is -0.144 e. The standard InChI is InChI=1S/C18H14.C16H12S.C14H10S2.C12H8S3.2C10H8S/c1-3-7-15(8-4-1)17-11-13-18(14-12-17)16-9-5-2-6-10-16;1-3-7-13(8-4-1)15-11-12-16(17-15)14-9-5-2-6-10-14;1-3-13(15-9-1)11-5-7-12(8-6-11)14-4-2-10-16-14;1-3-9(13-7-1)11-5-6-12(15-11)10-4-2-8-14-10;2*1-2-5-9(6-3-1)10-7-4-8-11-10/h1-14H;1-12H;1-10H;1-8H;2*1-8H. The largest absolute Gasteiger partial charge is 0.144 e. The smallest absolute Gasteiger partial charge is 0.0449 e. The number of thiophene rings is 8. The van der Waals surface area contributed by atoms with Gasteiger partial charge in [-0.05, 0) is 149 Å². The molecular weight excluding hydrogens is 1220 g/mol. The fraction of sp³-hybridized carbons (Fsp3) is 0. The molecule has 0 aliphatic rings. The normalized spacial score (nSPS) is 10.3. The van der Waals surface area contributed by atoms with Crippen LogP contribution in [0, 0.1) is 0 Å². The summed E-state index contributed by atoms with van der Waals surface area (Å²) in [7, 11) is 0. The van der Waals surface area contributed by atoms with Crippen LogP contribution in [0.4, 0.5) is 0 Å². The first-order chi connectivity index (χ1) is 43.7. The maximum absolute atomic E-state index is 2.21. The van der Waals surface area contributed by atoms with Crippen molar-refractivity contribution in [3.8, 4) is 104 Å². The second-order valence-electron chi connectivity index (χ2n) is 19.5. The minimum atomic E-state index is 1.26. The molecule has 0 saturated carbocycles. The number of benzene rings is 8. The zero-order chi connectivity index (χ0) is 59.6. The van der Waals surface area contributed by atoms with Crippen molar-refractivity contribution in [1.82, 2.24) is 0 Å². The van der Waals surface area contributed by atoms with Crippen LogP contribution < -0.4 is 0 Å². The monoisotopic (exact) mass is 1280 g/mol. The molecular formula is C80H60S8. The third-order valence-electron chi connectivity index (χ3n) is 13.6. The van der Waals surface area contributed by atoms with Crippen molar-refractivity contribution in [2.24, 2.45) is 0 Å². The Hall–Kier alpha value is -8.64. The van der Waals surface area contributed by atoms with Gasteiger partial charge in [0.15, 0.2) is 0 Å². The summed E-state index contributed by atoms with van der Waals surface area (Å²) in [6.07, 6.45) is 0. The van der Waals surface area contributed by atoms with Crippen molar-refractivity contribution in [2.75, 3.05) is 0 Å². The molecule has 0 nitrogen and oxygen atoms in total. The SMILES string of the molecule is c1ccc(-c2ccc(-c3ccccc3)cc2)cc1.c1ccc(-c2ccc(-c3ccccc3)s2)cc1.c1ccc(-c2cccs2)cc1.c1ccc(-c2cccs2)cc1.c1csc(-c2ccc(-c3cccs3)cc2)c1.c1csc(-c2ccc(-c3cccs3)s2)c1. The van der Waals surface area contributed by atoms with Gasteiger partial charge in [0.1, 0.15) is 0 Å². The van der Waals surface area contributed by atoms with E-state index in [9.17, 15) is 0 Å². The summed E-state index contributed by atoms with van der Waals surface area (Å²) in [5, 5.41) is 12.7. The number of hydrogen-bond acceptors (Lipinski definition) is 8. The molecule has 0 radical (unpaired) electrons. The second-order valence-corrected chi connectivity index (χ2v) is 27.4. The van der Waals surface area contributed by atoms with Crippen molar-refractivity contribution in [3.05, 3.63) is 360 Å². The van der Waals surface area contributed by atoms with Crippen molar-refractivity contribution in [3.63, 3.8) is 0 Å². The van der Waals surface area contributed by atoms with Gasteiger partial charge in [0.2, 0.25) is 0 Å². The molecule has 0 N–H and O–H groups in total. The van der Waals surface area contributed by atoms with Gasteiger partial charge < -0.3 is 0 Å². The summed E-state index contributed by atoms with van der Waals surface area (Å²) in [5.41, 5.74) is 12.8. The van der Waals surface area contributed by atoms with E-state index in [1.165, 1.54) is 104 Å². The van der Waals surface area contributed by atoms with Gasteiger partial charge in [-0.3, -0.25) is 0 Å². The van der Waals surface area contributed by atoms with Gasteiger partial charge in [0.25, 0.3) is 0 Å². The van der Waals surface area contributed by atoms with Gasteiger partial charge in [-0.25, -0.2) is 0 Å². The number of rotatable bonds is 10. The molecule has 16 aromatic rings. The molecule has 0 amide bonds. The lowest BCUT2D eigenvalue weighted by Gasteiger charge is -2.04. The van der Waals surface area contributed by atoms with Gasteiger partial charge in [-0.15, -0.1) is 90.7 Å². The van der Waals surface area contributed by atoms with Crippen LogP contribution in [-0.4, -0.2) is 0 Å². The van der Waals surface area contributed by atoms with E-state index in [1.807, 2.05) is 46.9 Å². The average molecular weight is 1280 g/mol. The van der Waals surface area contributed by atoms with Crippen molar-refractivity contribution in [1.29, 1.82) is 0 Å². The van der Waals surface area contributed by atoms with Crippen molar-refractivity contribution >= 4 is 90.7 Å². The van der Waals surface area contributed by atoms with Gasteiger partial charge in [0.05, 0.1) is 0 Å². The van der Waals surface area contributed by atoms with Crippen LogP contribution in [-0.2, 0) is 0 Å². The summed E-state index contributed by atoms with van der Waals surface area (Å²) in [6, 6.07) is 115. The highest BCUT2D eigenvalue weighted by atomic mass is 32.1. The first kappa shape index (κ1) is 61.0. The van der Waals surface area contributed by atoms with Crippen LogP contribution in [0.15, 0.2) is 360 Å². The van der Waals surface area contributed by atoms with E-state index in [1.54, 1.807) is 68.0 Å². The zero-order valence-corrected chi connectivity index (χ0v) is 54.4. The fourth-order valence-corrected chi connectivity index (χ4v) is 15.8. The van der Waals surface area contributed by atoms with Crippen molar-refractivity contribution < 1.29 is 0 Å². The molecule has 428 valence electrons. The Morgan fingerprint density at radius 1 is 0.114 bits per heavy atom. The molecule has 8 heteroatoms. The predicted octanol–water partition coefficient (Wildman–Crippen LogP) is 27.3. The summed E-state index contributed by atoms with van der Waals surface area (Å²) >= 11 is 14.4. The van der Waals surface area contributed by atoms with Gasteiger partial charge in [0, 0.05) is 48.8 Å². The maximum atomic E-state index is 2.21. The van der Waals surface area contributed by atoms with Gasteiger partial charge in [-0.1, -0.05) is 267 Å². The Balaban J connectivity index is 0.000000110. The average Bonchev–Trinajstić information content (AvgIpc) is 4.38. The molecule has 0 spiro atoms. The number of hydrogen-bond donors (Lipinski definition) is 0. The molecule has 0 fully saturated rings. The summed E-state index contributed by atoms with van der Waals surface area (Å²) in [4.78, 5) is 13.5. The van der Waals surface area contributed by atoms with Crippen LogP contribution in [0.25, 0.3) is 104 Å². The van der Waals surface area contributed by atoms with Crippen LogP contribution in [0.3, 0.4) is 0 Å². The van der Waals surface area contributed by atoms with E-state index in [4.69, 9.17) is 0 Å². The third kappa shape index (κ3) is 17.8. The molecule has 0 unspecified atom stereocenters. The lowest BCUT2D eigenvalue weighted by molar-refractivity contribution is 1.59. The topological polar surface area (TPSA) is 0 Å². The molecule has 0 saturated heterocycles. The van der Waals surface area contributed by atoms with Crippen LogP contribution >= 0.6 is 90.7 Å². The quantitative estimate of drug-likeness (QED) is 0.128. The van der Waals surface area contributed by atoms with E-state index < -0.39 is 0 Å².